The van der Waals surface area contributed by atoms with Crippen LogP contribution in [-0.2, 0) is 11.2 Å². The molecule has 0 heterocycles. The molecule has 0 fully saturated rings. The Hall–Kier alpha value is -2.69. The maximum atomic E-state index is 11.5. The maximum Gasteiger partial charge on any atom is 0.326 e. The molecular formula is C17H19NO4. The number of carboxylic acid groups (broad SMARTS) is 1. The monoisotopic (exact) mass is 301 g/mol. The van der Waals surface area contributed by atoms with Gasteiger partial charge in [0.2, 0.25) is 0 Å². The summed E-state index contributed by atoms with van der Waals surface area (Å²) in [6.07, 6.45) is 0.393. The second kappa shape index (κ2) is 7.36. The maximum absolute atomic E-state index is 11.5. The van der Waals surface area contributed by atoms with Crippen molar-refractivity contribution < 1.29 is 19.4 Å². The van der Waals surface area contributed by atoms with E-state index in [1.807, 2.05) is 30.3 Å². The van der Waals surface area contributed by atoms with Gasteiger partial charge in [-0.25, -0.2) is 4.79 Å². The number of nitrogens with one attached hydrogen (secondary N) is 1. The van der Waals surface area contributed by atoms with E-state index in [-0.39, 0.29) is 0 Å². The summed E-state index contributed by atoms with van der Waals surface area (Å²) in [5.41, 5.74) is 1.63. The van der Waals surface area contributed by atoms with Crippen molar-refractivity contribution in [2.45, 2.75) is 12.5 Å². The summed E-state index contributed by atoms with van der Waals surface area (Å²) in [5.74, 6) is 0.248. The number of benzene rings is 2. The van der Waals surface area contributed by atoms with Crippen LogP contribution in [0.5, 0.6) is 11.5 Å². The highest BCUT2D eigenvalue weighted by Crippen LogP contribution is 2.30. The predicted molar refractivity (Wildman–Crippen MR) is 84.7 cm³/mol. The molecule has 2 N–H and O–H groups in total. The standard InChI is InChI=1S/C17H19NO4/c1-21-15-9-8-13(11-16(15)22-2)18-14(17(19)20)10-12-6-4-3-5-7-12/h3-9,11,14,18H,10H2,1-2H3,(H,19,20). The minimum absolute atomic E-state index is 0.393. The molecule has 0 spiro atoms. The second-order valence-corrected chi connectivity index (χ2v) is 4.79. The first-order valence-electron chi connectivity index (χ1n) is 6.89. The molecule has 5 heteroatoms. The SMILES string of the molecule is COc1ccc(NC(Cc2ccccc2)C(=O)O)cc1OC. The van der Waals surface area contributed by atoms with Crippen molar-refractivity contribution in [1.29, 1.82) is 0 Å². The van der Waals surface area contributed by atoms with E-state index in [9.17, 15) is 9.90 Å². The van der Waals surface area contributed by atoms with Gasteiger partial charge in [0.15, 0.2) is 11.5 Å². The largest absolute Gasteiger partial charge is 0.493 e. The third-order valence-electron chi connectivity index (χ3n) is 3.31. The zero-order valence-electron chi connectivity index (χ0n) is 12.6. The highest BCUT2D eigenvalue weighted by molar-refractivity contribution is 5.78. The lowest BCUT2D eigenvalue weighted by atomic mass is 10.1. The van der Waals surface area contributed by atoms with Gasteiger partial charge in [-0.2, -0.15) is 0 Å². The van der Waals surface area contributed by atoms with Crippen LogP contribution in [0, 0.1) is 0 Å². The molecule has 0 aliphatic carbocycles. The summed E-state index contributed by atoms with van der Waals surface area (Å²) < 4.78 is 10.4. The molecule has 1 atom stereocenters. The molecule has 0 aromatic heterocycles. The molecule has 116 valence electrons. The summed E-state index contributed by atoms with van der Waals surface area (Å²) in [7, 11) is 3.10. The minimum atomic E-state index is -0.904. The molecule has 0 saturated carbocycles. The molecule has 22 heavy (non-hydrogen) atoms. The normalized spacial score (nSPS) is 11.5. The number of carbonyl (C=O) groups is 1. The first kappa shape index (κ1) is 15.7. The average molecular weight is 301 g/mol. The van der Waals surface area contributed by atoms with Gasteiger partial charge in [-0.05, 0) is 17.7 Å². The minimum Gasteiger partial charge on any atom is -0.493 e. The highest BCUT2D eigenvalue weighted by Gasteiger charge is 2.18. The fourth-order valence-electron chi connectivity index (χ4n) is 2.18. The molecule has 1 unspecified atom stereocenters. The van der Waals surface area contributed by atoms with Crippen molar-refractivity contribution in [2.75, 3.05) is 19.5 Å². The molecule has 0 radical (unpaired) electrons. The molecule has 2 rings (SSSR count). The Labute approximate surface area is 129 Å². The van der Waals surface area contributed by atoms with Gasteiger partial charge >= 0.3 is 5.97 Å². The third-order valence-corrected chi connectivity index (χ3v) is 3.31. The number of hydrogen-bond donors (Lipinski definition) is 2. The Kier molecular flexibility index (Phi) is 5.25. The molecule has 0 saturated heterocycles. The van der Waals surface area contributed by atoms with Crippen molar-refractivity contribution >= 4 is 11.7 Å². The Morgan fingerprint density at radius 3 is 2.36 bits per heavy atom. The lowest BCUT2D eigenvalue weighted by molar-refractivity contribution is -0.137. The molecule has 0 amide bonds. The quantitative estimate of drug-likeness (QED) is 0.823. The van der Waals surface area contributed by atoms with Crippen LogP contribution in [0.4, 0.5) is 5.69 Å². The number of anilines is 1. The van der Waals surface area contributed by atoms with Crippen LogP contribution in [0.3, 0.4) is 0 Å². The van der Waals surface area contributed by atoms with Crippen LogP contribution in [-0.4, -0.2) is 31.3 Å². The predicted octanol–water partition coefficient (Wildman–Crippen LogP) is 2.81. The van der Waals surface area contributed by atoms with Crippen molar-refractivity contribution in [2.24, 2.45) is 0 Å². The van der Waals surface area contributed by atoms with E-state index in [0.717, 1.165) is 5.56 Å². The molecule has 0 aliphatic heterocycles. The average Bonchev–Trinajstić information content (AvgIpc) is 2.55. The summed E-state index contributed by atoms with van der Waals surface area (Å²) in [5, 5.41) is 12.4. The van der Waals surface area contributed by atoms with Gasteiger partial charge in [0, 0.05) is 18.2 Å². The fourth-order valence-corrected chi connectivity index (χ4v) is 2.18. The van der Waals surface area contributed by atoms with Gasteiger partial charge in [0.05, 0.1) is 14.2 Å². The van der Waals surface area contributed by atoms with Gasteiger partial charge < -0.3 is 19.9 Å². The molecular weight excluding hydrogens is 282 g/mol. The van der Waals surface area contributed by atoms with Gasteiger partial charge in [-0.15, -0.1) is 0 Å². The van der Waals surface area contributed by atoms with Crippen molar-refractivity contribution in [3.05, 3.63) is 54.1 Å². The van der Waals surface area contributed by atoms with E-state index in [4.69, 9.17) is 9.47 Å². The zero-order valence-corrected chi connectivity index (χ0v) is 12.6. The molecule has 2 aromatic rings. The van der Waals surface area contributed by atoms with E-state index < -0.39 is 12.0 Å². The van der Waals surface area contributed by atoms with E-state index in [1.165, 1.54) is 0 Å². The second-order valence-electron chi connectivity index (χ2n) is 4.79. The van der Waals surface area contributed by atoms with Crippen LogP contribution < -0.4 is 14.8 Å². The lowest BCUT2D eigenvalue weighted by Crippen LogP contribution is -2.31. The number of methoxy groups -OCH3 is 2. The number of carboxylic acids is 1. The van der Waals surface area contributed by atoms with Crippen molar-refractivity contribution in [1.82, 2.24) is 0 Å². The van der Waals surface area contributed by atoms with Crippen molar-refractivity contribution in [3.8, 4) is 11.5 Å². The summed E-state index contributed by atoms with van der Waals surface area (Å²) in [6.45, 7) is 0. The van der Waals surface area contributed by atoms with Crippen LogP contribution in [0.2, 0.25) is 0 Å². The van der Waals surface area contributed by atoms with Gasteiger partial charge in [-0.3, -0.25) is 0 Å². The Morgan fingerprint density at radius 2 is 1.77 bits per heavy atom. The van der Waals surface area contributed by atoms with Crippen LogP contribution in [0.25, 0.3) is 0 Å². The first-order chi connectivity index (χ1) is 10.6. The molecule has 0 aliphatic rings. The van der Waals surface area contributed by atoms with Crippen LogP contribution in [0.15, 0.2) is 48.5 Å². The van der Waals surface area contributed by atoms with E-state index in [1.54, 1.807) is 32.4 Å². The third kappa shape index (κ3) is 3.91. The zero-order chi connectivity index (χ0) is 15.9. The van der Waals surface area contributed by atoms with E-state index in [2.05, 4.69) is 5.32 Å². The van der Waals surface area contributed by atoms with Gasteiger partial charge in [-0.1, -0.05) is 30.3 Å². The Morgan fingerprint density at radius 1 is 1.09 bits per heavy atom. The van der Waals surface area contributed by atoms with Crippen LogP contribution in [0.1, 0.15) is 5.56 Å². The number of ether oxygens (including phenoxy) is 2. The Bertz CT molecular complexity index is 628. The van der Waals surface area contributed by atoms with Crippen molar-refractivity contribution in [3.63, 3.8) is 0 Å². The highest BCUT2D eigenvalue weighted by atomic mass is 16.5. The molecule has 0 bridgehead atoms. The first-order valence-corrected chi connectivity index (χ1v) is 6.89. The van der Waals surface area contributed by atoms with E-state index >= 15 is 0 Å². The van der Waals surface area contributed by atoms with E-state index in [0.29, 0.717) is 23.6 Å². The number of hydrogen-bond acceptors (Lipinski definition) is 4. The summed E-state index contributed by atoms with van der Waals surface area (Å²) in [4.78, 5) is 11.5. The lowest BCUT2D eigenvalue weighted by Gasteiger charge is -2.17. The van der Waals surface area contributed by atoms with Gasteiger partial charge in [0.25, 0.3) is 0 Å². The topological polar surface area (TPSA) is 67.8 Å². The van der Waals surface area contributed by atoms with Gasteiger partial charge in [0.1, 0.15) is 6.04 Å². The van der Waals surface area contributed by atoms with Crippen LogP contribution >= 0.6 is 0 Å². The number of rotatable bonds is 7. The summed E-state index contributed by atoms with van der Waals surface area (Å²) in [6, 6.07) is 14.0. The fraction of sp³-hybridized carbons (Fsp3) is 0.235. The smallest absolute Gasteiger partial charge is 0.326 e. The Balaban J connectivity index is 2.16. The number of aliphatic carboxylic acids is 1. The molecule has 5 nitrogen and oxygen atoms in total. The molecule has 2 aromatic carbocycles. The summed E-state index contributed by atoms with van der Waals surface area (Å²) >= 11 is 0.